The van der Waals surface area contributed by atoms with Crippen molar-refractivity contribution < 1.29 is 0 Å². The molecule has 1 heterocycles. The van der Waals surface area contributed by atoms with E-state index in [9.17, 15) is 0 Å². The molecule has 1 aliphatic rings. The fourth-order valence-corrected chi connectivity index (χ4v) is 3.26. The second kappa shape index (κ2) is 5.70. The van der Waals surface area contributed by atoms with E-state index in [1.807, 2.05) is 6.07 Å². The molecule has 4 heteroatoms. The van der Waals surface area contributed by atoms with Crippen molar-refractivity contribution in [2.45, 2.75) is 44.6 Å². The maximum atomic E-state index is 5.41. The molecule has 1 N–H and O–H groups in total. The van der Waals surface area contributed by atoms with Gasteiger partial charge in [-0.3, -0.25) is 5.10 Å². The van der Waals surface area contributed by atoms with Crippen LogP contribution in [0.15, 0.2) is 30.3 Å². The topological polar surface area (TPSA) is 33.6 Å². The van der Waals surface area contributed by atoms with Gasteiger partial charge in [-0.25, -0.2) is 0 Å². The molecule has 1 saturated carbocycles. The molecule has 3 nitrogen and oxygen atoms in total. The van der Waals surface area contributed by atoms with Gasteiger partial charge in [-0.1, -0.05) is 49.6 Å². The largest absolute Gasteiger partial charge is 0.301 e. The van der Waals surface area contributed by atoms with Gasteiger partial charge >= 0.3 is 0 Å². The molecule has 0 amide bonds. The molecule has 0 unspecified atom stereocenters. The molecule has 0 aliphatic heterocycles. The molecule has 0 spiro atoms. The minimum atomic E-state index is 0.540. The van der Waals surface area contributed by atoms with Crippen LogP contribution < -0.4 is 0 Å². The summed E-state index contributed by atoms with van der Waals surface area (Å²) in [5.74, 6) is 1.07. The van der Waals surface area contributed by atoms with Gasteiger partial charge < -0.3 is 4.57 Å². The van der Waals surface area contributed by atoms with E-state index < -0.39 is 0 Å². The van der Waals surface area contributed by atoms with Crippen molar-refractivity contribution in [3.05, 3.63) is 46.5 Å². The maximum Gasteiger partial charge on any atom is 0.195 e. The Bertz CT molecular complexity index is 579. The lowest BCUT2D eigenvalue weighted by atomic mass is 9.95. The Hall–Kier alpha value is -1.42. The highest BCUT2D eigenvalue weighted by atomic mass is 32.1. The van der Waals surface area contributed by atoms with Gasteiger partial charge in [-0.15, -0.1) is 0 Å². The summed E-state index contributed by atoms with van der Waals surface area (Å²) >= 11 is 5.41. The first-order chi connectivity index (χ1) is 9.34. The minimum absolute atomic E-state index is 0.540. The highest BCUT2D eigenvalue weighted by Crippen LogP contribution is 2.29. The number of hydrogen-bond acceptors (Lipinski definition) is 2. The molecule has 1 fully saturated rings. The Morgan fingerprint density at radius 1 is 1.16 bits per heavy atom. The van der Waals surface area contributed by atoms with Crippen molar-refractivity contribution in [1.82, 2.24) is 14.8 Å². The zero-order chi connectivity index (χ0) is 13.1. The Morgan fingerprint density at radius 2 is 1.89 bits per heavy atom. The zero-order valence-corrected chi connectivity index (χ0v) is 11.8. The summed E-state index contributed by atoms with van der Waals surface area (Å²) in [5.41, 5.74) is 1.29. The number of rotatable bonds is 3. The van der Waals surface area contributed by atoms with Gasteiger partial charge in [0.05, 0.1) is 0 Å². The number of H-pyrrole nitrogens is 1. The van der Waals surface area contributed by atoms with Crippen LogP contribution in [0.1, 0.15) is 49.5 Å². The molecule has 1 aromatic carbocycles. The second-order valence-electron chi connectivity index (χ2n) is 5.27. The molecular formula is C15H19N3S. The van der Waals surface area contributed by atoms with Crippen LogP contribution in [0.5, 0.6) is 0 Å². The second-order valence-corrected chi connectivity index (χ2v) is 5.66. The lowest BCUT2D eigenvalue weighted by Gasteiger charge is -2.24. The molecule has 0 radical (unpaired) electrons. The Kier molecular flexibility index (Phi) is 3.78. The molecule has 0 bridgehead atoms. The van der Waals surface area contributed by atoms with Gasteiger partial charge in [0, 0.05) is 12.5 Å². The molecule has 19 heavy (non-hydrogen) atoms. The van der Waals surface area contributed by atoms with E-state index in [0.29, 0.717) is 6.04 Å². The minimum Gasteiger partial charge on any atom is -0.301 e. The van der Waals surface area contributed by atoms with Crippen LogP contribution in [0.25, 0.3) is 0 Å². The quantitative estimate of drug-likeness (QED) is 0.856. The fourth-order valence-electron chi connectivity index (χ4n) is 2.96. The Morgan fingerprint density at radius 3 is 2.63 bits per heavy atom. The zero-order valence-electron chi connectivity index (χ0n) is 11.0. The van der Waals surface area contributed by atoms with E-state index in [2.05, 4.69) is 39.0 Å². The van der Waals surface area contributed by atoms with E-state index in [1.165, 1.54) is 37.7 Å². The van der Waals surface area contributed by atoms with Crippen LogP contribution in [0.2, 0.25) is 0 Å². The Balaban J connectivity index is 1.88. The first-order valence-corrected chi connectivity index (χ1v) is 7.45. The summed E-state index contributed by atoms with van der Waals surface area (Å²) < 4.78 is 3.03. The van der Waals surface area contributed by atoms with E-state index in [4.69, 9.17) is 12.2 Å². The number of hydrogen-bond donors (Lipinski definition) is 1. The van der Waals surface area contributed by atoms with Gasteiger partial charge in [-0.2, -0.15) is 5.10 Å². The SMILES string of the molecule is S=c1[nH]nc(Cc2ccccc2)n1C1CCCCC1. The monoisotopic (exact) mass is 273 g/mol. The van der Waals surface area contributed by atoms with Crippen molar-refractivity contribution in [3.8, 4) is 0 Å². The van der Waals surface area contributed by atoms with Crippen LogP contribution in [0.3, 0.4) is 0 Å². The Labute approximate surface area is 118 Å². The predicted octanol–water partition coefficient (Wildman–Crippen LogP) is 4.04. The molecule has 100 valence electrons. The van der Waals surface area contributed by atoms with Crippen LogP contribution in [-0.2, 0) is 6.42 Å². The first kappa shape index (κ1) is 12.6. The molecule has 0 saturated heterocycles. The molecular weight excluding hydrogens is 254 g/mol. The van der Waals surface area contributed by atoms with Crippen LogP contribution in [0.4, 0.5) is 0 Å². The molecule has 1 aromatic heterocycles. The predicted molar refractivity (Wildman–Crippen MR) is 78.8 cm³/mol. The van der Waals surface area contributed by atoms with Gasteiger partial charge in [0.2, 0.25) is 0 Å². The smallest absolute Gasteiger partial charge is 0.195 e. The van der Waals surface area contributed by atoms with Crippen LogP contribution in [0, 0.1) is 4.77 Å². The van der Waals surface area contributed by atoms with E-state index in [1.54, 1.807) is 0 Å². The summed E-state index contributed by atoms with van der Waals surface area (Å²) in [7, 11) is 0. The summed E-state index contributed by atoms with van der Waals surface area (Å²) in [6.45, 7) is 0. The normalized spacial score (nSPS) is 16.6. The summed E-state index contributed by atoms with van der Waals surface area (Å²) in [6.07, 6.45) is 7.29. The van der Waals surface area contributed by atoms with Gasteiger partial charge in [0.1, 0.15) is 5.82 Å². The number of aromatic nitrogens is 3. The van der Waals surface area contributed by atoms with Crippen molar-refractivity contribution in [1.29, 1.82) is 0 Å². The maximum absolute atomic E-state index is 5.41. The highest BCUT2D eigenvalue weighted by molar-refractivity contribution is 7.71. The molecule has 0 atom stereocenters. The van der Waals surface area contributed by atoms with Gasteiger partial charge in [0.15, 0.2) is 4.77 Å². The van der Waals surface area contributed by atoms with E-state index >= 15 is 0 Å². The summed E-state index contributed by atoms with van der Waals surface area (Å²) in [5, 5.41) is 7.40. The molecule has 3 rings (SSSR count). The molecule has 2 aromatic rings. The number of nitrogens with one attached hydrogen (secondary N) is 1. The standard InChI is InChI=1S/C15H19N3S/c19-15-17-16-14(11-12-7-3-1-4-8-12)18(15)13-9-5-2-6-10-13/h1,3-4,7-8,13H,2,5-6,9-11H2,(H,17,19). The average Bonchev–Trinajstić information content (AvgIpc) is 2.82. The summed E-state index contributed by atoms with van der Waals surface area (Å²) in [4.78, 5) is 0. The average molecular weight is 273 g/mol. The van der Waals surface area contributed by atoms with E-state index in [-0.39, 0.29) is 0 Å². The fraction of sp³-hybridized carbons (Fsp3) is 0.467. The van der Waals surface area contributed by atoms with Crippen molar-refractivity contribution in [3.63, 3.8) is 0 Å². The van der Waals surface area contributed by atoms with E-state index in [0.717, 1.165) is 17.0 Å². The van der Waals surface area contributed by atoms with Gasteiger partial charge in [-0.05, 0) is 30.6 Å². The number of benzene rings is 1. The number of nitrogens with zero attached hydrogens (tertiary/aromatic N) is 2. The first-order valence-electron chi connectivity index (χ1n) is 7.04. The lowest BCUT2D eigenvalue weighted by Crippen LogP contribution is -2.16. The highest BCUT2D eigenvalue weighted by Gasteiger charge is 2.19. The third-order valence-corrected chi connectivity index (χ3v) is 4.21. The van der Waals surface area contributed by atoms with Crippen LogP contribution >= 0.6 is 12.2 Å². The summed E-state index contributed by atoms with van der Waals surface area (Å²) in [6, 6.07) is 11.0. The van der Waals surface area contributed by atoms with Crippen molar-refractivity contribution in [2.75, 3.05) is 0 Å². The number of aromatic amines is 1. The van der Waals surface area contributed by atoms with Gasteiger partial charge in [0.25, 0.3) is 0 Å². The third kappa shape index (κ3) is 2.78. The lowest BCUT2D eigenvalue weighted by molar-refractivity contribution is 0.344. The molecule has 1 aliphatic carbocycles. The van der Waals surface area contributed by atoms with Crippen LogP contribution in [-0.4, -0.2) is 14.8 Å². The third-order valence-electron chi connectivity index (χ3n) is 3.92. The van der Waals surface area contributed by atoms with Crippen molar-refractivity contribution in [2.24, 2.45) is 0 Å². The van der Waals surface area contributed by atoms with Crippen molar-refractivity contribution >= 4 is 12.2 Å².